The minimum Gasteiger partial charge on any atom is -0.333 e. The third-order valence-corrected chi connectivity index (χ3v) is 4.83. The van der Waals surface area contributed by atoms with E-state index in [1.54, 1.807) is 13.8 Å². The molecule has 2 rings (SSSR count). The van der Waals surface area contributed by atoms with Gasteiger partial charge in [-0.2, -0.15) is 13.2 Å². The van der Waals surface area contributed by atoms with Crippen LogP contribution in [0, 0.1) is 17.0 Å². The topological polar surface area (TPSA) is 63.5 Å². The molecule has 1 aliphatic carbocycles. The fraction of sp³-hybridized carbons (Fsp3) is 0.611. The van der Waals surface area contributed by atoms with Crippen molar-refractivity contribution >= 4 is 11.6 Å². The Morgan fingerprint density at radius 3 is 2.27 bits per heavy atom. The molecular weight excluding hydrogens is 349 g/mol. The van der Waals surface area contributed by atoms with Crippen LogP contribution in [0.3, 0.4) is 0 Å². The summed E-state index contributed by atoms with van der Waals surface area (Å²) in [5, 5.41) is 11.2. The average molecular weight is 372 g/mol. The van der Waals surface area contributed by atoms with Crippen LogP contribution in [-0.4, -0.2) is 27.8 Å². The van der Waals surface area contributed by atoms with Crippen LogP contribution in [0.4, 0.5) is 18.9 Å². The van der Waals surface area contributed by atoms with Gasteiger partial charge in [0.2, 0.25) is 0 Å². The highest BCUT2D eigenvalue weighted by Gasteiger charge is 2.39. The van der Waals surface area contributed by atoms with Crippen molar-refractivity contribution in [2.45, 2.75) is 71.1 Å². The van der Waals surface area contributed by atoms with Crippen LogP contribution in [0.15, 0.2) is 12.1 Å². The Bertz CT molecular complexity index is 696. The quantitative estimate of drug-likeness (QED) is 0.545. The predicted molar refractivity (Wildman–Crippen MR) is 91.0 cm³/mol. The first-order chi connectivity index (χ1) is 12.0. The fourth-order valence-electron chi connectivity index (χ4n) is 3.62. The average Bonchev–Trinajstić information content (AvgIpc) is 2.54. The van der Waals surface area contributed by atoms with Crippen LogP contribution < -0.4 is 0 Å². The number of rotatable bonds is 4. The molecule has 0 spiro atoms. The molecule has 1 aromatic rings. The Morgan fingerprint density at radius 2 is 1.81 bits per heavy atom. The smallest absolute Gasteiger partial charge is 0.333 e. The molecular formula is C18H23F3N2O3. The van der Waals surface area contributed by atoms with E-state index in [0.29, 0.717) is 6.07 Å². The molecule has 1 amide bonds. The van der Waals surface area contributed by atoms with E-state index in [9.17, 15) is 28.1 Å². The molecule has 0 radical (unpaired) electrons. The number of amides is 1. The summed E-state index contributed by atoms with van der Waals surface area (Å²) in [6.45, 7) is 4.74. The summed E-state index contributed by atoms with van der Waals surface area (Å²) in [7, 11) is 0. The monoisotopic (exact) mass is 372 g/mol. The molecule has 0 saturated heterocycles. The molecule has 0 aliphatic heterocycles. The first-order valence-electron chi connectivity index (χ1n) is 8.73. The lowest BCUT2D eigenvalue weighted by molar-refractivity contribution is -0.385. The third kappa shape index (κ3) is 4.16. The lowest BCUT2D eigenvalue weighted by Crippen LogP contribution is -2.46. The highest BCUT2D eigenvalue weighted by atomic mass is 19.4. The van der Waals surface area contributed by atoms with E-state index in [-0.39, 0.29) is 17.6 Å². The summed E-state index contributed by atoms with van der Waals surface area (Å²) >= 11 is 0. The largest absolute Gasteiger partial charge is 0.417 e. The Kier molecular flexibility index (Phi) is 5.93. The molecule has 1 aliphatic rings. The van der Waals surface area contributed by atoms with Crippen LogP contribution in [0.5, 0.6) is 0 Å². The van der Waals surface area contributed by atoms with Crippen LogP contribution in [0.2, 0.25) is 0 Å². The van der Waals surface area contributed by atoms with Gasteiger partial charge in [-0.15, -0.1) is 0 Å². The molecule has 0 N–H and O–H groups in total. The molecule has 0 bridgehead atoms. The van der Waals surface area contributed by atoms with Crippen molar-refractivity contribution in [3.8, 4) is 0 Å². The molecule has 1 aromatic carbocycles. The van der Waals surface area contributed by atoms with Gasteiger partial charge in [-0.25, -0.2) is 0 Å². The Hall–Kier alpha value is -2.12. The lowest BCUT2D eigenvalue weighted by atomic mass is 9.92. The van der Waals surface area contributed by atoms with Crippen LogP contribution in [-0.2, 0) is 6.18 Å². The van der Waals surface area contributed by atoms with Crippen LogP contribution in [0.25, 0.3) is 0 Å². The van der Waals surface area contributed by atoms with E-state index in [2.05, 4.69) is 0 Å². The zero-order chi connectivity index (χ0) is 19.6. The van der Waals surface area contributed by atoms with Crippen molar-refractivity contribution < 1.29 is 22.9 Å². The summed E-state index contributed by atoms with van der Waals surface area (Å²) in [5.74, 6) is -0.790. The number of alkyl halides is 3. The molecule has 144 valence electrons. The minimum atomic E-state index is -4.76. The van der Waals surface area contributed by atoms with E-state index < -0.39 is 33.8 Å². The molecule has 1 saturated carbocycles. The molecule has 26 heavy (non-hydrogen) atoms. The fourth-order valence-corrected chi connectivity index (χ4v) is 3.62. The molecule has 8 heteroatoms. The Balaban J connectivity index is 2.57. The third-order valence-electron chi connectivity index (χ3n) is 4.83. The highest BCUT2D eigenvalue weighted by molar-refractivity contribution is 5.97. The van der Waals surface area contributed by atoms with Crippen molar-refractivity contribution in [1.82, 2.24) is 4.90 Å². The van der Waals surface area contributed by atoms with E-state index in [1.807, 2.05) is 0 Å². The van der Waals surface area contributed by atoms with Gasteiger partial charge in [0.25, 0.3) is 11.6 Å². The first kappa shape index (κ1) is 20.2. The van der Waals surface area contributed by atoms with Gasteiger partial charge in [-0.3, -0.25) is 14.9 Å². The number of hydrogen-bond donors (Lipinski definition) is 0. The molecule has 0 aromatic heterocycles. The van der Waals surface area contributed by atoms with Crippen molar-refractivity contribution in [2.24, 2.45) is 0 Å². The second-order valence-electron chi connectivity index (χ2n) is 7.04. The Labute approximate surface area is 150 Å². The second-order valence-corrected chi connectivity index (χ2v) is 7.04. The summed E-state index contributed by atoms with van der Waals surface area (Å²) in [4.78, 5) is 24.9. The molecule has 1 fully saturated rings. The van der Waals surface area contributed by atoms with Gasteiger partial charge in [0, 0.05) is 23.7 Å². The maximum absolute atomic E-state index is 13.5. The number of halogens is 3. The number of benzene rings is 1. The first-order valence-corrected chi connectivity index (χ1v) is 8.73. The maximum Gasteiger partial charge on any atom is 0.417 e. The van der Waals surface area contributed by atoms with E-state index in [1.165, 1.54) is 11.8 Å². The second kappa shape index (κ2) is 7.63. The zero-order valence-corrected chi connectivity index (χ0v) is 15.1. The molecule has 0 unspecified atom stereocenters. The van der Waals surface area contributed by atoms with Crippen molar-refractivity contribution in [1.29, 1.82) is 0 Å². The van der Waals surface area contributed by atoms with Gasteiger partial charge in [0.1, 0.15) is 0 Å². The van der Waals surface area contributed by atoms with Gasteiger partial charge >= 0.3 is 6.18 Å². The zero-order valence-electron chi connectivity index (χ0n) is 15.1. The van der Waals surface area contributed by atoms with E-state index in [0.717, 1.165) is 38.2 Å². The van der Waals surface area contributed by atoms with Crippen molar-refractivity contribution in [3.05, 3.63) is 38.9 Å². The Morgan fingerprint density at radius 1 is 1.23 bits per heavy atom. The number of carbonyl (C=O) groups excluding carboxylic acids is 1. The van der Waals surface area contributed by atoms with Crippen molar-refractivity contribution in [3.63, 3.8) is 0 Å². The van der Waals surface area contributed by atoms with E-state index >= 15 is 0 Å². The summed E-state index contributed by atoms with van der Waals surface area (Å²) < 4.78 is 40.5. The molecule has 0 heterocycles. The molecule has 0 atom stereocenters. The standard InChI is InChI=1S/C18H23F3N2O3/c1-11(2)22(13-7-5-4-6-8-13)17(24)14-10-16(23(25)26)12(3)9-15(14)18(19,20)21/h9-11,13H,4-8H2,1-3H3. The number of carbonyl (C=O) groups is 1. The van der Waals surface area contributed by atoms with Crippen LogP contribution in [0.1, 0.15) is 67.4 Å². The summed E-state index contributed by atoms with van der Waals surface area (Å²) in [6, 6.07) is 1.04. The van der Waals surface area contributed by atoms with Crippen molar-refractivity contribution in [2.75, 3.05) is 0 Å². The van der Waals surface area contributed by atoms with Gasteiger partial charge in [-0.05, 0) is 39.7 Å². The van der Waals surface area contributed by atoms with Crippen LogP contribution >= 0.6 is 0 Å². The summed E-state index contributed by atoms with van der Waals surface area (Å²) in [6.07, 6.45) is -0.415. The lowest BCUT2D eigenvalue weighted by Gasteiger charge is -2.38. The normalized spacial score (nSPS) is 16.0. The number of nitrogens with zero attached hydrogens (tertiary/aromatic N) is 2. The van der Waals surface area contributed by atoms with Gasteiger partial charge in [0.05, 0.1) is 16.1 Å². The number of aryl methyl sites for hydroxylation is 1. The predicted octanol–water partition coefficient (Wildman–Crippen LogP) is 5.11. The summed E-state index contributed by atoms with van der Waals surface area (Å²) in [5.41, 5.74) is -2.36. The van der Waals surface area contributed by atoms with Gasteiger partial charge < -0.3 is 4.90 Å². The molecule has 5 nitrogen and oxygen atoms in total. The number of nitro benzene ring substituents is 1. The number of nitro groups is 1. The van der Waals surface area contributed by atoms with Gasteiger partial charge in [-0.1, -0.05) is 19.3 Å². The number of hydrogen-bond acceptors (Lipinski definition) is 3. The van der Waals surface area contributed by atoms with E-state index in [4.69, 9.17) is 0 Å². The highest BCUT2D eigenvalue weighted by Crippen LogP contribution is 2.37. The van der Waals surface area contributed by atoms with Gasteiger partial charge in [0.15, 0.2) is 0 Å². The maximum atomic E-state index is 13.5. The SMILES string of the molecule is Cc1cc(C(F)(F)F)c(C(=O)N(C(C)C)C2CCCCC2)cc1[N+](=O)[O-]. The minimum absolute atomic E-state index is 0.118.